The van der Waals surface area contributed by atoms with Crippen LogP contribution in [-0.4, -0.2) is 14.6 Å². The predicted molar refractivity (Wildman–Crippen MR) is 72.8 cm³/mol. The van der Waals surface area contributed by atoms with Gasteiger partial charge in [0.05, 0.1) is 0 Å². The maximum Gasteiger partial charge on any atom is 0.161 e. The first kappa shape index (κ1) is 10.5. The van der Waals surface area contributed by atoms with Crippen LogP contribution in [0.5, 0.6) is 0 Å². The Bertz CT molecular complexity index is 712. The largest absolute Gasteiger partial charge is 0.399 e. The lowest BCUT2D eigenvalue weighted by Gasteiger charge is -1.96. The minimum absolute atomic E-state index is 0.753. The molecule has 3 rings (SSSR count). The summed E-state index contributed by atoms with van der Waals surface area (Å²) in [4.78, 5) is 0. The monoisotopic (exact) mass is 236 g/mol. The van der Waals surface area contributed by atoms with Gasteiger partial charge >= 0.3 is 0 Å². The van der Waals surface area contributed by atoms with Gasteiger partial charge in [0, 0.05) is 11.9 Å². The van der Waals surface area contributed by atoms with Crippen molar-refractivity contribution in [3.63, 3.8) is 0 Å². The number of nitrogen functional groups attached to an aromatic ring is 1. The Balaban J connectivity index is 1.97. The van der Waals surface area contributed by atoms with Gasteiger partial charge < -0.3 is 5.73 Å². The lowest BCUT2D eigenvalue weighted by atomic mass is 10.2. The molecule has 3 aromatic rings. The first-order chi connectivity index (χ1) is 8.83. The molecule has 4 nitrogen and oxygen atoms in total. The van der Waals surface area contributed by atoms with Crippen LogP contribution in [0.3, 0.4) is 0 Å². The fourth-order valence-electron chi connectivity index (χ4n) is 1.81. The Morgan fingerprint density at radius 1 is 1.00 bits per heavy atom. The van der Waals surface area contributed by atoms with Crippen molar-refractivity contribution >= 4 is 23.5 Å². The quantitative estimate of drug-likeness (QED) is 0.695. The van der Waals surface area contributed by atoms with E-state index in [1.165, 1.54) is 0 Å². The van der Waals surface area contributed by atoms with Crippen molar-refractivity contribution in [1.82, 2.24) is 14.6 Å². The van der Waals surface area contributed by atoms with Crippen LogP contribution in [0.25, 0.3) is 17.8 Å². The first-order valence-corrected chi connectivity index (χ1v) is 5.66. The third kappa shape index (κ3) is 1.96. The van der Waals surface area contributed by atoms with Crippen molar-refractivity contribution in [1.29, 1.82) is 0 Å². The minimum Gasteiger partial charge on any atom is -0.399 e. The summed E-state index contributed by atoms with van der Waals surface area (Å²) in [6.07, 6.45) is 5.84. The van der Waals surface area contributed by atoms with Crippen molar-refractivity contribution in [3.8, 4) is 0 Å². The van der Waals surface area contributed by atoms with Gasteiger partial charge in [0.15, 0.2) is 11.5 Å². The fourth-order valence-corrected chi connectivity index (χ4v) is 1.81. The first-order valence-electron chi connectivity index (χ1n) is 5.66. The highest BCUT2D eigenvalue weighted by Gasteiger charge is 1.99. The molecule has 0 aliphatic rings. The molecule has 2 N–H and O–H groups in total. The molecule has 0 atom stereocenters. The number of hydrogen-bond acceptors (Lipinski definition) is 3. The van der Waals surface area contributed by atoms with Crippen molar-refractivity contribution in [2.75, 3.05) is 5.73 Å². The number of nitrogens with two attached hydrogens (primary N) is 1. The van der Waals surface area contributed by atoms with E-state index in [1.807, 2.05) is 65.2 Å². The third-order valence-corrected chi connectivity index (χ3v) is 2.68. The van der Waals surface area contributed by atoms with Crippen LogP contribution < -0.4 is 5.73 Å². The Morgan fingerprint density at radius 2 is 1.94 bits per heavy atom. The number of fused-ring (bicyclic) bond motifs is 1. The molecule has 0 radical (unpaired) electrons. The SMILES string of the molecule is Nc1cccc(/C=C\c2nnc3ccccn23)c1. The van der Waals surface area contributed by atoms with Gasteiger partial charge in [-0.25, -0.2) is 0 Å². The molecular weight excluding hydrogens is 224 g/mol. The van der Waals surface area contributed by atoms with Gasteiger partial charge in [-0.05, 0) is 35.9 Å². The Morgan fingerprint density at radius 3 is 2.83 bits per heavy atom. The van der Waals surface area contributed by atoms with Gasteiger partial charge in [-0.3, -0.25) is 4.40 Å². The maximum absolute atomic E-state index is 5.73. The molecule has 0 unspecified atom stereocenters. The molecule has 2 aromatic heterocycles. The van der Waals surface area contributed by atoms with Crippen molar-refractivity contribution < 1.29 is 0 Å². The second-order valence-corrected chi connectivity index (χ2v) is 3.99. The Hall–Kier alpha value is -2.62. The zero-order chi connectivity index (χ0) is 12.4. The number of anilines is 1. The normalized spacial score (nSPS) is 11.3. The number of rotatable bonds is 2. The van der Waals surface area contributed by atoms with Crippen LogP contribution in [0.2, 0.25) is 0 Å². The van der Waals surface area contributed by atoms with E-state index in [0.717, 1.165) is 22.7 Å². The number of nitrogens with zero attached hydrogens (tertiary/aromatic N) is 3. The van der Waals surface area contributed by atoms with Crippen LogP contribution in [-0.2, 0) is 0 Å². The molecule has 0 amide bonds. The van der Waals surface area contributed by atoms with E-state index in [9.17, 15) is 0 Å². The molecule has 88 valence electrons. The molecule has 4 heteroatoms. The van der Waals surface area contributed by atoms with E-state index in [-0.39, 0.29) is 0 Å². The molecule has 0 fully saturated rings. The molecule has 0 aliphatic carbocycles. The van der Waals surface area contributed by atoms with E-state index in [4.69, 9.17) is 5.73 Å². The van der Waals surface area contributed by atoms with Gasteiger partial charge in [-0.1, -0.05) is 24.3 Å². The molecule has 0 saturated heterocycles. The van der Waals surface area contributed by atoms with E-state index in [0.29, 0.717) is 0 Å². The standard InChI is InChI=1S/C14H12N4/c15-12-5-3-4-11(10-12)7-8-14-17-16-13-6-1-2-9-18(13)14/h1-10H,15H2/b8-7-. The summed E-state index contributed by atoms with van der Waals surface area (Å²) < 4.78 is 1.93. The Kier molecular flexibility index (Phi) is 2.53. The summed E-state index contributed by atoms with van der Waals surface area (Å²) in [6.45, 7) is 0. The van der Waals surface area contributed by atoms with Gasteiger partial charge in [-0.2, -0.15) is 0 Å². The van der Waals surface area contributed by atoms with E-state index in [2.05, 4.69) is 10.2 Å². The van der Waals surface area contributed by atoms with Crippen LogP contribution in [0.4, 0.5) is 5.69 Å². The van der Waals surface area contributed by atoms with Gasteiger partial charge in [-0.15, -0.1) is 10.2 Å². The van der Waals surface area contributed by atoms with Crippen LogP contribution >= 0.6 is 0 Å². The highest BCUT2D eigenvalue weighted by molar-refractivity contribution is 5.69. The van der Waals surface area contributed by atoms with Crippen LogP contribution in [0.15, 0.2) is 48.7 Å². The summed E-state index contributed by atoms with van der Waals surface area (Å²) in [5, 5.41) is 8.21. The highest BCUT2D eigenvalue weighted by Crippen LogP contribution is 2.11. The summed E-state index contributed by atoms with van der Waals surface area (Å²) in [7, 11) is 0. The summed E-state index contributed by atoms with van der Waals surface area (Å²) in [6, 6.07) is 13.5. The molecule has 18 heavy (non-hydrogen) atoms. The molecule has 0 saturated carbocycles. The van der Waals surface area contributed by atoms with Crippen molar-refractivity contribution in [2.24, 2.45) is 0 Å². The topological polar surface area (TPSA) is 56.2 Å². The van der Waals surface area contributed by atoms with Gasteiger partial charge in [0.25, 0.3) is 0 Å². The van der Waals surface area contributed by atoms with Crippen LogP contribution in [0, 0.1) is 0 Å². The second kappa shape index (κ2) is 4.33. The van der Waals surface area contributed by atoms with Crippen molar-refractivity contribution in [2.45, 2.75) is 0 Å². The predicted octanol–water partition coefficient (Wildman–Crippen LogP) is 2.48. The Labute approximate surface area is 104 Å². The molecule has 0 aliphatic heterocycles. The van der Waals surface area contributed by atoms with E-state index in [1.54, 1.807) is 0 Å². The molecule has 2 heterocycles. The molecule has 0 bridgehead atoms. The molecule has 1 aromatic carbocycles. The number of pyridine rings is 1. The maximum atomic E-state index is 5.73. The average Bonchev–Trinajstić information content (AvgIpc) is 2.80. The van der Waals surface area contributed by atoms with E-state index >= 15 is 0 Å². The minimum atomic E-state index is 0.753. The lowest BCUT2D eigenvalue weighted by molar-refractivity contribution is 1.08. The fraction of sp³-hybridized carbons (Fsp3) is 0. The number of benzene rings is 1. The zero-order valence-corrected chi connectivity index (χ0v) is 9.69. The summed E-state index contributed by atoms with van der Waals surface area (Å²) in [5.74, 6) is 0.799. The van der Waals surface area contributed by atoms with Crippen molar-refractivity contribution in [3.05, 3.63) is 60.0 Å². The third-order valence-electron chi connectivity index (χ3n) is 2.68. The second-order valence-electron chi connectivity index (χ2n) is 3.99. The van der Waals surface area contributed by atoms with Gasteiger partial charge in [0.2, 0.25) is 0 Å². The van der Waals surface area contributed by atoms with E-state index < -0.39 is 0 Å². The van der Waals surface area contributed by atoms with Gasteiger partial charge in [0.1, 0.15) is 0 Å². The number of aromatic nitrogens is 3. The molecular formula is C14H12N4. The lowest BCUT2D eigenvalue weighted by Crippen LogP contribution is -1.86. The highest BCUT2D eigenvalue weighted by atomic mass is 15.2. The average molecular weight is 236 g/mol. The zero-order valence-electron chi connectivity index (χ0n) is 9.69. The summed E-state index contributed by atoms with van der Waals surface area (Å²) in [5.41, 5.74) is 8.37. The van der Waals surface area contributed by atoms with Crippen LogP contribution in [0.1, 0.15) is 11.4 Å². The molecule has 0 spiro atoms. The summed E-state index contributed by atoms with van der Waals surface area (Å²) >= 11 is 0. The smallest absolute Gasteiger partial charge is 0.161 e. The number of hydrogen-bond donors (Lipinski definition) is 1.